The summed E-state index contributed by atoms with van der Waals surface area (Å²) in [6.07, 6.45) is 2.60. The quantitative estimate of drug-likeness (QED) is 0.875. The van der Waals surface area contributed by atoms with Gasteiger partial charge in [0.25, 0.3) is 0 Å². The van der Waals surface area contributed by atoms with Crippen molar-refractivity contribution in [2.75, 3.05) is 37.8 Å². The summed E-state index contributed by atoms with van der Waals surface area (Å²) in [4.78, 5) is 9.41. The Balaban J connectivity index is 1.79. The third kappa shape index (κ3) is 2.53. The van der Waals surface area contributed by atoms with Crippen molar-refractivity contribution in [3.8, 4) is 0 Å². The minimum Gasteiger partial charge on any atom is -0.399 e. The summed E-state index contributed by atoms with van der Waals surface area (Å²) in [5.41, 5.74) is 7.67. The average Bonchev–Trinajstić information content (AvgIpc) is 2.96. The maximum atomic E-state index is 5.82. The molecule has 0 spiro atoms. The van der Waals surface area contributed by atoms with Crippen molar-refractivity contribution < 1.29 is 0 Å². The Hall–Kier alpha value is -1.33. The van der Waals surface area contributed by atoms with Crippen LogP contribution < -0.4 is 10.6 Å². The van der Waals surface area contributed by atoms with Crippen molar-refractivity contribution >= 4 is 32.4 Å². The first-order valence-corrected chi connectivity index (χ1v) is 7.52. The fourth-order valence-corrected chi connectivity index (χ4v) is 3.68. The maximum Gasteiger partial charge on any atom is 0.186 e. The lowest BCUT2D eigenvalue weighted by atomic mass is 10.2. The molecule has 0 aliphatic carbocycles. The summed E-state index contributed by atoms with van der Waals surface area (Å²) >= 11 is 1.72. The topological polar surface area (TPSA) is 45.4 Å². The Morgan fingerprint density at radius 1 is 1.53 bits per heavy atom. The molecule has 102 valence electrons. The highest BCUT2D eigenvalue weighted by atomic mass is 32.1. The molecule has 0 bridgehead atoms. The number of nitrogen functional groups attached to an aromatic ring is 1. The zero-order valence-corrected chi connectivity index (χ0v) is 12.3. The number of fused-ring (bicyclic) bond motifs is 1. The predicted molar refractivity (Wildman–Crippen MR) is 83.0 cm³/mol. The Morgan fingerprint density at radius 2 is 2.37 bits per heavy atom. The zero-order chi connectivity index (χ0) is 13.4. The van der Waals surface area contributed by atoms with Crippen LogP contribution in [0.25, 0.3) is 10.2 Å². The second kappa shape index (κ2) is 4.98. The lowest BCUT2D eigenvalue weighted by Gasteiger charge is -2.25. The first-order valence-electron chi connectivity index (χ1n) is 6.71. The standard InChI is InChI=1S/C14H20N4S/c1-17-7-3-4-11(17)9-18(2)14-16-12-6-5-10(15)8-13(12)19-14/h5-6,8,11H,3-4,7,9,15H2,1-2H3. The van der Waals surface area contributed by atoms with E-state index in [4.69, 9.17) is 10.7 Å². The minimum absolute atomic E-state index is 0.655. The van der Waals surface area contributed by atoms with Gasteiger partial charge in [0, 0.05) is 25.3 Å². The second-order valence-electron chi connectivity index (χ2n) is 5.38. The molecule has 2 aromatic rings. The van der Waals surface area contributed by atoms with Gasteiger partial charge in [0.15, 0.2) is 5.13 Å². The van der Waals surface area contributed by atoms with Crippen LogP contribution in [0.1, 0.15) is 12.8 Å². The van der Waals surface area contributed by atoms with Crippen molar-refractivity contribution in [1.29, 1.82) is 0 Å². The zero-order valence-electron chi connectivity index (χ0n) is 11.5. The van der Waals surface area contributed by atoms with Crippen LogP contribution in [0.5, 0.6) is 0 Å². The fourth-order valence-electron chi connectivity index (χ4n) is 2.70. The first kappa shape index (κ1) is 12.7. The Kier molecular flexibility index (Phi) is 3.33. The van der Waals surface area contributed by atoms with Crippen molar-refractivity contribution in [3.05, 3.63) is 18.2 Å². The second-order valence-corrected chi connectivity index (χ2v) is 6.39. The van der Waals surface area contributed by atoms with Crippen molar-refractivity contribution in [2.45, 2.75) is 18.9 Å². The first-order chi connectivity index (χ1) is 9.13. The number of thiazole rings is 1. The summed E-state index contributed by atoms with van der Waals surface area (Å²) in [6, 6.07) is 6.57. The molecule has 0 radical (unpaired) electrons. The van der Waals surface area contributed by atoms with E-state index < -0.39 is 0 Å². The van der Waals surface area contributed by atoms with E-state index in [1.807, 2.05) is 18.2 Å². The molecule has 1 saturated heterocycles. The van der Waals surface area contributed by atoms with Crippen molar-refractivity contribution in [3.63, 3.8) is 0 Å². The molecule has 3 rings (SSSR count). The normalized spacial score (nSPS) is 20.2. The average molecular weight is 276 g/mol. The molecule has 19 heavy (non-hydrogen) atoms. The van der Waals surface area contributed by atoms with E-state index in [0.29, 0.717) is 6.04 Å². The molecule has 1 unspecified atom stereocenters. The number of likely N-dealkylation sites (tertiary alicyclic amines) is 1. The van der Waals surface area contributed by atoms with E-state index in [0.717, 1.165) is 22.9 Å². The summed E-state index contributed by atoms with van der Waals surface area (Å²) in [5, 5.41) is 1.08. The van der Waals surface area contributed by atoms with Gasteiger partial charge in [0.2, 0.25) is 0 Å². The summed E-state index contributed by atoms with van der Waals surface area (Å²) in [6.45, 7) is 2.26. The van der Waals surface area contributed by atoms with E-state index in [1.54, 1.807) is 11.3 Å². The lowest BCUT2D eigenvalue weighted by Crippen LogP contribution is -2.36. The highest BCUT2D eigenvalue weighted by Gasteiger charge is 2.23. The van der Waals surface area contributed by atoms with Crippen molar-refractivity contribution in [1.82, 2.24) is 9.88 Å². The maximum absolute atomic E-state index is 5.82. The van der Waals surface area contributed by atoms with E-state index in [2.05, 4.69) is 23.9 Å². The van der Waals surface area contributed by atoms with Gasteiger partial charge < -0.3 is 15.5 Å². The summed E-state index contributed by atoms with van der Waals surface area (Å²) < 4.78 is 1.17. The number of hydrogen-bond acceptors (Lipinski definition) is 5. The number of nitrogens with zero attached hydrogens (tertiary/aromatic N) is 3. The molecule has 5 heteroatoms. The van der Waals surface area contributed by atoms with Gasteiger partial charge in [0.05, 0.1) is 10.2 Å². The van der Waals surface area contributed by atoms with E-state index in [1.165, 1.54) is 24.1 Å². The smallest absolute Gasteiger partial charge is 0.186 e. The number of nitrogens with two attached hydrogens (primary N) is 1. The molecule has 2 heterocycles. The Bertz CT molecular complexity index is 580. The molecule has 1 aliphatic rings. The van der Waals surface area contributed by atoms with E-state index >= 15 is 0 Å². The third-order valence-electron chi connectivity index (χ3n) is 3.88. The predicted octanol–water partition coefficient (Wildman–Crippen LogP) is 2.41. The van der Waals surface area contributed by atoms with Gasteiger partial charge in [-0.3, -0.25) is 0 Å². The Labute approximate surface area is 117 Å². The molecule has 1 aromatic carbocycles. The summed E-state index contributed by atoms with van der Waals surface area (Å²) in [5.74, 6) is 0. The lowest BCUT2D eigenvalue weighted by molar-refractivity contribution is 0.314. The molecule has 1 aliphatic heterocycles. The van der Waals surface area contributed by atoms with E-state index in [9.17, 15) is 0 Å². The molecule has 1 aromatic heterocycles. The highest BCUT2D eigenvalue weighted by Crippen LogP contribution is 2.30. The van der Waals surface area contributed by atoms with Crippen LogP contribution in [0.15, 0.2) is 18.2 Å². The number of rotatable bonds is 3. The molecule has 0 saturated carbocycles. The monoisotopic (exact) mass is 276 g/mol. The molecule has 2 N–H and O–H groups in total. The van der Waals surface area contributed by atoms with Gasteiger partial charge in [0.1, 0.15) is 0 Å². The van der Waals surface area contributed by atoms with Gasteiger partial charge in [-0.15, -0.1) is 0 Å². The largest absolute Gasteiger partial charge is 0.399 e. The van der Waals surface area contributed by atoms with Gasteiger partial charge in [-0.25, -0.2) is 4.98 Å². The fraction of sp³-hybridized carbons (Fsp3) is 0.500. The molecule has 4 nitrogen and oxygen atoms in total. The molecule has 1 fully saturated rings. The SMILES string of the molecule is CN(CC1CCCN1C)c1nc2ccc(N)cc2s1. The molecular weight excluding hydrogens is 256 g/mol. The number of hydrogen-bond donors (Lipinski definition) is 1. The number of likely N-dealkylation sites (N-methyl/N-ethyl adjacent to an activating group) is 2. The summed E-state index contributed by atoms with van der Waals surface area (Å²) in [7, 11) is 4.35. The van der Waals surface area contributed by atoms with Crippen LogP contribution in [0.3, 0.4) is 0 Å². The van der Waals surface area contributed by atoms with Crippen LogP contribution in [0.2, 0.25) is 0 Å². The van der Waals surface area contributed by atoms with Gasteiger partial charge >= 0.3 is 0 Å². The van der Waals surface area contributed by atoms with Crippen molar-refractivity contribution in [2.24, 2.45) is 0 Å². The molecular formula is C14H20N4S. The van der Waals surface area contributed by atoms with Gasteiger partial charge in [-0.1, -0.05) is 11.3 Å². The van der Waals surface area contributed by atoms with E-state index in [-0.39, 0.29) is 0 Å². The van der Waals surface area contributed by atoms with Crippen LogP contribution in [0, 0.1) is 0 Å². The molecule has 1 atom stereocenters. The van der Waals surface area contributed by atoms with Gasteiger partial charge in [-0.2, -0.15) is 0 Å². The third-order valence-corrected chi connectivity index (χ3v) is 5.02. The molecule has 0 amide bonds. The van der Waals surface area contributed by atoms with Crippen LogP contribution >= 0.6 is 11.3 Å². The highest BCUT2D eigenvalue weighted by molar-refractivity contribution is 7.22. The number of benzene rings is 1. The number of anilines is 2. The van der Waals surface area contributed by atoms with Crippen LogP contribution in [0.4, 0.5) is 10.8 Å². The Morgan fingerprint density at radius 3 is 3.11 bits per heavy atom. The minimum atomic E-state index is 0.655. The van der Waals surface area contributed by atoms with Crippen LogP contribution in [-0.4, -0.2) is 43.1 Å². The van der Waals surface area contributed by atoms with Crippen LogP contribution in [-0.2, 0) is 0 Å². The van der Waals surface area contributed by atoms with Gasteiger partial charge in [-0.05, 0) is 44.6 Å². The number of aromatic nitrogens is 1.